The molecule has 0 aliphatic carbocycles. The molecule has 5 rings (SSSR count). The van der Waals surface area contributed by atoms with Crippen molar-refractivity contribution in [3.63, 3.8) is 0 Å². The number of nitrogens with zero attached hydrogens (tertiary/aromatic N) is 3. The summed E-state index contributed by atoms with van der Waals surface area (Å²) in [6, 6.07) is 27.1. The molecule has 1 N–H and O–H groups in total. The summed E-state index contributed by atoms with van der Waals surface area (Å²) in [6.07, 6.45) is 1.86. The van der Waals surface area contributed by atoms with Crippen molar-refractivity contribution in [3.05, 3.63) is 113 Å². The van der Waals surface area contributed by atoms with Gasteiger partial charge in [-0.25, -0.2) is 4.68 Å². The van der Waals surface area contributed by atoms with Crippen molar-refractivity contribution in [1.29, 1.82) is 0 Å². The molecular formula is C28H26N4O3. The van der Waals surface area contributed by atoms with E-state index in [0.717, 1.165) is 27.9 Å². The maximum Gasteiger partial charge on any atom is 0.295 e. The summed E-state index contributed by atoms with van der Waals surface area (Å²) in [5.41, 5.74) is 3.41. The highest BCUT2D eigenvalue weighted by molar-refractivity contribution is 5.93. The summed E-state index contributed by atoms with van der Waals surface area (Å²) in [5.74, 6) is 0.485. The Balaban J connectivity index is 1.35. The average molecular weight is 467 g/mol. The first-order valence-corrected chi connectivity index (χ1v) is 11.4. The number of benzene rings is 3. The number of hydrogen-bond donors (Lipinski definition) is 1. The van der Waals surface area contributed by atoms with Crippen molar-refractivity contribution in [1.82, 2.24) is 13.9 Å². The van der Waals surface area contributed by atoms with Crippen LogP contribution in [0.15, 0.2) is 95.9 Å². The van der Waals surface area contributed by atoms with E-state index >= 15 is 0 Å². The Hall–Kier alpha value is -4.52. The van der Waals surface area contributed by atoms with E-state index in [4.69, 9.17) is 4.74 Å². The molecule has 0 bridgehead atoms. The third-order valence-electron chi connectivity index (χ3n) is 6.14. The lowest BCUT2D eigenvalue weighted by Crippen LogP contribution is -2.24. The first kappa shape index (κ1) is 22.3. The zero-order valence-corrected chi connectivity index (χ0v) is 19.6. The number of rotatable bonds is 7. The van der Waals surface area contributed by atoms with Crippen LogP contribution in [0.25, 0.3) is 16.6 Å². The molecule has 0 saturated carbocycles. The third-order valence-corrected chi connectivity index (χ3v) is 6.14. The van der Waals surface area contributed by atoms with E-state index in [1.807, 2.05) is 103 Å². The number of hydrogen-bond acceptors (Lipinski definition) is 3. The van der Waals surface area contributed by atoms with Crippen LogP contribution in [-0.2, 0) is 25.0 Å². The molecule has 7 nitrogen and oxygen atoms in total. The van der Waals surface area contributed by atoms with Gasteiger partial charge in [-0.15, -0.1) is 0 Å². The quantitative estimate of drug-likeness (QED) is 0.379. The fourth-order valence-electron chi connectivity index (χ4n) is 4.24. The van der Waals surface area contributed by atoms with Crippen molar-refractivity contribution in [2.24, 2.45) is 7.05 Å². The van der Waals surface area contributed by atoms with Crippen molar-refractivity contribution >= 4 is 22.5 Å². The number of para-hydroxylation sites is 1. The SMILES string of the molecule is Cc1c(NC(=O)Cn2ccc3c(OCc4ccccc4)cccc32)c(=O)n(-c2ccccc2)n1C. The van der Waals surface area contributed by atoms with Crippen LogP contribution in [0.4, 0.5) is 5.69 Å². The molecule has 0 aliphatic heterocycles. The average Bonchev–Trinajstić information content (AvgIpc) is 3.38. The van der Waals surface area contributed by atoms with Crippen LogP contribution in [0.5, 0.6) is 5.75 Å². The molecule has 2 heterocycles. The second-order valence-electron chi connectivity index (χ2n) is 8.39. The molecular weight excluding hydrogens is 440 g/mol. The predicted octanol–water partition coefficient (Wildman–Crippen LogP) is 4.66. The Kier molecular flexibility index (Phi) is 5.97. The minimum Gasteiger partial charge on any atom is -0.488 e. The van der Waals surface area contributed by atoms with Gasteiger partial charge in [-0.05, 0) is 42.8 Å². The molecule has 35 heavy (non-hydrogen) atoms. The number of ether oxygens (including phenoxy) is 1. The predicted molar refractivity (Wildman–Crippen MR) is 137 cm³/mol. The molecule has 0 aliphatic rings. The number of fused-ring (bicyclic) bond motifs is 1. The Morgan fingerprint density at radius 2 is 1.63 bits per heavy atom. The van der Waals surface area contributed by atoms with Gasteiger partial charge in [0.25, 0.3) is 5.56 Å². The van der Waals surface area contributed by atoms with Gasteiger partial charge in [0.15, 0.2) is 0 Å². The highest BCUT2D eigenvalue weighted by Crippen LogP contribution is 2.27. The lowest BCUT2D eigenvalue weighted by Gasteiger charge is -2.09. The Morgan fingerprint density at radius 1 is 0.914 bits per heavy atom. The molecule has 0 unspecified atom stereocenters. The molecule has 0 spiro atoms. The molecule has 1 amide bonds. The van der Waals surface area contributed by atoms with Gasteiger partial charge in [-0.3, -0.25) is 14.3 Å². The Bertz CT molecular complexity index is 1550. The third kappa shape index (κ3) is 4.36. The molecule has 7 heteroatoms. The first-order chi connectivity index (χ1) is 17.0. The van der Waals surface area contributed by atoms with E-state index in [9.17, 15) is 9.59 Å². The van der Waals surface area contributed by atoms with E-state index in [1.54, 1.807) is 16.4 Å². The second-order valence-corrected chi connectivity index (χ2v) is 8.39. The maximum atomic E-state index is 13.1. The topological polar surface area (TPSA) is 70.2 Å². The smallest absolute Gasteiger partial charge is 0.295 e. The number of anilines is 1. The first-order valence-electron chi connectivity index (χ1n) is 11.4. The lowest BCUT2D eigenvalue weighted by molar-refractivity contribution is -0.116. The number of amides is 1. The normalized spacial score (nSPS) is 11.0. The molecule has 0 radical (unpaired) electrons. The van der Waals surface area contributed by atoms with Crippen molar-refractivity contribution in [2.45, 2.75) is 20.1 Å². The van der Waals surface area contributed by atoms with E-state index in [2.05, 4.69) is 5.32 Å². The maximum absolute atomic E-state index is 13.1. The van der Waals surface area contributed by atoms with Gasteiger partial charge in [0, 0.05) is 18.6 Å². The zero-order valence-electron chi connectivity index (χ0n) is 19.6. The monoisotopic (exact) mass is 466 g/mol. The standard InChI is InChI=1S/C28H26N4O3/c1-20-27(28(34)32(30(20)2)22-12-7-4-8-13-22)29-26(33)18-31-17-16-23-24(31)14-9-15-25(23)35-19-21-10-5-3-6-11-21/h3-17H,18-19H2,1-2H3,(H,29,33). The number of aromatic nitrogens is 3. The molecule has 0 saturated heterocycles. The zero-order chi connectivity index (χ0) is 24.4. The van der Waals surface area contributed by atoms with E-state index in [0.29, 0.717) is 12.3 Å². The summed E-state index contributed by atoms with van der Waals surface area (Å²) in [7, 11) is 1.80. The van der Waals surface area contributed by atoms with Gasteiger partial charge in [0.1, 0.15) is 24.6 Å². The lowest BCUT2D eigenvalue weighted by atomic mass is 10.2. The highest BCUT2D eigenvalue weighted by Gasteiger charge is 2.18. The second kappa shape index (κ2) is 9.38. The fraction of sp³-hybridized carbons (Fsp3) is 0.143. The van der Waals surface area contributed by atoms with Gasteiger partial charge in [-0.2, -0.15) is 0 Å². The summed E-state index contributed by atoms with van der Waals surface area (Å²) in [4.78, 5) is 26.1. The minimum absolute atomic E-state index is 0.0742. The van der Waals surface area contributed by atoms with Crippen LogP contribution in [0.1, 0.15) is 11.3 Å². The van der Waals surface area contributed by atoms with Crippen LogP contribution >= 0.6 is 0 Å². The van der Waals surface area contributed by atoms with E-state index < -0.39 is 0 Å². The van der Waals surface area contributed by atoms with Crippen LogP contribution in [0.2, 0.25) is 0 Å². The van der Waals surface area contributed by atoms with Crippen LogP contribution in [-0.4, -0.2) is 19.8 Å². The van der Waals surface area contributed by atoms with Gasteiger partial charge < -0.3 is 14.6 Å². The molecule has 0 fully saturated rings. The van der Waals surface area contributed by atoms with Crippen LogP contribution < -0.4 is 15.6 Å². The Labute approximate surface area is 202 Å². The molecule has 3 aromatic carbocycles. The number of carbonyl (C=O) groups is 1. The van der Waals surface area contributed by atoms with Crippen molar-refractivity contribution < 1.29 is 9.53 Å². The summed E-state index contributed by atoms with van der Waals surface area (Å²) in [5, 5.41) is 3.76. The van der Waals surface area contributed by atoms with Gasteiger partial charge in [0.05, 0.1) is 16.9 Å². The van der Waals surface area contributed by atoms with E-state index in [1.165, 1.54) is 0 Å². The number of nitrogens with one attached hydrogen (secondary N) is 1. The van der Waals surface area contributed by atoms with Gasteiger partial charge in [0.2, 0.25) is 5.91 Å². The van der Waals surface area contributed by atoms with Crippen LogP contribution in [0, 0.1) is 6.92 Å². The molecule has 176 valence electrons. The number of carbonyl (C=O) groups excluding carboxylic acids is 1. The highest BCUT2D eigenvalue weighted by atomic mass is 16.5. The van der Waals surface area contributed by atoms with Crippen LogP contribution in [0.3, 0.4) is 0 Å². The largest absolute Gasteiger partial charge is 0.488 e. The minimum atomic E-state index is -0.274. The van der Waals surface area contributed by atoms with Crippen molar-refractivity contribution in [3.8, 4) is 11.4 Å². The summed E-state index contributed by atoms with van der Waals surface area (Å²) >= 11 is 0. The molecule has 5 aromatic rings. The summed E-state index contributed by atoms with van der Waals surface area (Å²) < 4.78 is 11.2. The van der Waals surface area contributed by atoms with E-state index in [-0.39, 0.29) is 23.7 Å². The van der Waals surface area contributed by atoms with Crippen molar-refractivity contribution in [2.75, 3.05) is 5.32 Å². The Morgan fingerprint density at radius 3 is 2.37 bits per heavy atom. The van der Waals surface area contributed by atoms with Gasteiger partial charge in [-0.1, -0.05) is 54.6 Å². The fourth-order valence-corrected chi connectivity index (χ4v) is 4.24. The van der Waals surface area contributed by atoms with Gasteiger partial charge >= 0.3 is 0 Å². The molecule has 0 atom stereocenters. The summed E-state index contributed by atoms with van der Waals surface area (Å²) in [6.45, 7) is 2.36. The molecule has 2 aromatic heterocycles.